The number of alkyl halides is 3. The Morgan fingerprint density at radius 1 is 1.07 bits per heavy atom. The average molecular weight is 412 g/mol. The van der Waals surface area contributed by atoms with E-state index >= 15 is 0 Å². The highest BCUT2D eigenvalue weighted by Gasteiger charge is 2.30. The Labute approximate surface area is 161 Å². The van der Waals surface area contributed by atoms with Gasteiger partial charge in [-0.15, -0.1) is 0 Å². The molecule has 0 bridgehead atoms. The first-order valence-electron chi connectivity index (χ1n) is 8.60. The Morgan fingerprint density at radius 2 is 1.64 bits per heavy atom. The minimum atomic E-state index is -4.41. The lowest BCUT2D eigenvalue weighted by Gasteiger charge is -2.18. The van der Waals surface area contributed by atoms with E-state index < -0.39 is 21.8 Å². The first-order chi connectivity index (χ1) is 13.1. The first kappa shape index (κ1) is 20.3. The third-order valence-electron chi connectivity index (χ3n) is 4.36. The molecule has 0 heterocycles. The topological polar surface area (TPSA) is 66.5 Å². The fourth-order valence-corrected chi connectivity index (χ4v) is 3.94. The molecule has 5 nitrogen and oxygen atoms in total. The summed E-state index contributed by atoms with van der Waals surface area (Å²) < 4.78 is 64.7. The van der Waals surface area contributed by atoms with E-state index in [0.29, 0.717) is 11.1 Å². The van der Waals surface area contributed by atoms with Crippen molar-refractivity contribution in [2.24, 2.45) is 0 Å². The monoisotopic (exact) mass is 412 g/mol. The first-order valence-corrected chi connectivity index (χ1v) is 10.1. The quantitative estimate of drug-likeness (QED) is 0.791. The van der Waals surface area contributed by atoms with E-state index in [1.807, 2.05) is 0 Å². The summed E-state index contributed by atoms with van der Waals surface area (Å²) in [5, 5.41) is 0. The summed E-state index contributed by atoms with van der Waals surface area (Å²) in [5.41, 5.74) is 0.0956. The van der Waals surface area contributed by atoms with Crippen molar-refractivity contribution in [3.8, 4) is 0 Å². The number of nitrogens with one attached hydrogen (secondary N) is 1. The number of benzene rings is 2. The molecule has 0 radical (unpaired) electrons. The van der Waals surface area contributed by atoms with Crippen LogP contribution in [-0.4, -0.2) is 32.3 Å². The highest BCUT2D eigenvalue weighted by molar-refractivity contribution is 7.89. The number of carbonyl (C=O) groups excluding carboxylic acids is 1. The van der Waals surface area contributed by atoms with Gasteiger partial charge in [-0.25, -0.2) is 13.1 Å². The molecular weight excluding hydrogens is 393 g/mol. The second kappa shape index (κ2) is 7.56. The molecule has 0 aromatic heterocycles. The number of amides is 1. The van der Waals surface area contributed by atoms with Gasteiger partial charge in [-0.1, -0.05) is 12.1 Å². The molecule has 3 rings (SSSR count). The summed E-state index contributed by atoms with van der Waals surface area (Å²) in [7, 11) is -2.06. The van der Waals surface area contributed by atoms with Crippen LogP contribution in [0.5, 0.6) is 0 Å². The van der Waals surface area contributed by atoms with Gasteiger partial charge in [-0.2, -0.15) is 13.2 Å². The maximum atomic E-state index is 12.6. The smallest absolute Gasteiger partial charge is 0.337 e. The molecule has 1 fully saturated rings. The van der Waals surface area contributed by atoms with Gasteiger partial charge in [0.15, 0.2) is 0 Å². The number of hydrogen-bond donors (Lipinski definition) is 1. The van der Waals surface area contributed by atoms with Crippen molar-refractivity contribution < 1.29 is 26.4 Å². The highest BCUT2D eigenvalue weighted by atomic mass is 32.2. The average Bonchev–Trinajstić information content (AvgIpc) is 3.44. The van der Waals surface area contributed by atoms with Gasteiger partial charge in [0, 0.05) is 25.2 Å². The van der Waals surface area contributed by atoms with Gasteiger partial charge < -0.3 is 4.90 Å². The summed E-state index contributed by atoms with van der Waals surface area (Å²) in [6.07, 6.45) is -2.76. The fourth-order valence-electron chi connectivity index (χ4n) is 2.63. The fraction of sp³-hybridized carbons (Fsp3) is 0.316. The Morgan fingerprint density at radius 3 is 2.14 bits per heavy atom. The molecule has 1 N–H and O–H groups in total. The number of halogens is 3. The molecule has 0 atom stereocenters. The third-order valence-corrected chi connectivity index (χ3v) is 5.89. The van der Waals surface area contributed by atoms with E-state index in [2.05, 4.69) is 4.72 Å². The van der Waals surface area contributed by atoms with E-state index in [-0.39, 0.29) is 23.4 Å². The number of rotatable bonds is 6. The van der Waals surface area contributed by atoms with Crippen molar-refractivity contribution in [2.45, 2.75) is 36.5 Å². The van der Waals surface area contributed by atoms with Gasteiger partial charge in [-0.3, -0.25) is 4.79 Å². The molecule has 2 aromatic carbocycles. The summed E-state index contributed by atoms with van der Waals surface area (Å²) in [5.74, 6) is -0.362. The summed E-state index contributed by atoms with van der Waals surface area (Å²) in [6, 6.07) is 10.2. The number of nitrogens with zero attached hydrogens (tertiary/aromatic N) is 1. The van der Waals surface area contributed by atoms with Gasteiger partial charge in [0.1, 0.15) is 0 Å². The van der Waals surface area contributed by atoms with Crippen LogP contribution in [0, 0.1) is 0 Å². The maximum absolute atomic E-state index is 12.6. The van der Waals surface area contributed by atoms with E-state index in [1.165, 1.54) is 48.3 Å². The van der Waals surface area contributed by atoms with Crippen molar-refractivity contribution >= 4 is 15.9 Å². The van der Waals surface area contributed by atoms with Crippen LogP contribution in [0.3, 0.4) is 0 Å². The predicted molar refractivity (Wildman–Crippen MR) is 97.0 cm³/mol. The Hall–Kier alpha value is -2.39. The van der Waals surface area contributed by atoms with Crippen LogP contribution in [-0.2, 0) is 22.7 Å². The number of hydrogen-bond acceptors (Lipinski definition) is 3. The van der Waals surface area contributed by atoms with E-state index in [0.717, 1.165) is 25.0 Å². The number of sulfonamides is 1. The largest absolute Gasteiger partial charge is 0.416 e. The molecule has 2 aromatic rings. The lowest BCUT2D eigenvalue weighted by molar-refractivity contribution is -0.137. The van der Waals surface area contributed by atoms with Crippen LogP contribution in [0.25, 0.3) is 0 Å². The Bertz CT molecular complexity index is 951. The van der Waals surface area contributed by atoms with Crippen molar-refractivity contribution in [3.05, 3.63) is 65.2 Å². The van der Waals surface area contributed by atoms with Gasteiger partial charge in [0.05, 0.1) is 10.5 Å². The zero-order chi connectivity index (χ0) is 20.5. The van der Waals surface area contributed by atoms with Crippen molar-refractivity contribution in [1.29, 1.82) is 0 Å². The standard InChI is InChI=1S/C19H19F3N2O3S/c1-24(12-13-2-6-15(7-3-13)19(20,21)22)18(25)14-4-10-17(11-5-14)28(26,27)23-16-8-9-16/h2-7,10-11,16,23H,8-9,12H2,1H3. The van der Waals surface area contributed by atoms with Crippen molar-refractivity contribution in [3.63, 3.8) is 0 Å². The van der Waals surface area contributed by atoms with E-state index in [9.17, 15) is 26.4 Å². The molecule has 0 spiro atoms. The lowest BCUT2D eigenvalue weighted by Crippen LogP contribution is -2.27. The predicted octanol–water partition coefficient (Wildman–Crippen LogP) is 3.42. The van der Waals surface area contributed by atoms with E-state index in [1.54, 1.807) is 0 Å². The Balaban J connectivity index is 1.66. The highest BCUT2D eigenvalue weighted by Crippen LogP contribution is 2.29. The van der Waals surface area contributed by atoms with Gasteiger partial charge in [0.2, 0.25) is 10.0 Å². The Kier molecular flexibility index (Phi) is 5.49. The molecule has 1 amide bonds. The molecule has 28 heavy (non-hydrogen) atoms. The minimum absolute atomic E-state index is 0.0128. The lowest BCUT2D eigenvalue weighted by atomic mass is 10.1. The maximum Gasteiger partial charge on any atom is 0.416 e. The van der Waals surface area contributed by atoms with Crippen LogP contribution in [0.15, 0.2) is 53.4 Å². The number of carbonyl (C=O) groups is 1. The van der Waals surface area contributed by atoms with Crippen LogP contribution in [0.2, 0.25) is 0 Å². The van der Waals surface area contributed by atoms with E-state index in [4.69, 9.17) is 0 Å². The van der Waals surface area contributed by atoms with Gasteiger partial charge >= 0.3 is 6.18 Å². The molecular formula is C19H19F3N2O3S. The second-order valence-corrected chi connectivity index (χ2v) is 8.49. The van der Waals surface area contributed by atoms with Crippen molar-refractivity contribution in [2.75, 3.05) is 7.05 Å². The molecule has 150 valence electrons. The molecule has 1 aliphatic carbocycles. The zero-order valence-electron chi connectivity index (χ0n) is 15.0. The van der Waals surface area contributed by atoms with Crippen LogP contribution in [0.1, 0.15) is 34.3 Å². The van der Waals surface area contributed by atoms with Crippen LogP contribution < -0.4 is 4.72 Å². The summed E-state index contributed by atoms with van der Waals surface area (Å²) in [4.78, 5) is 13.9. The molecule has 0 unspecified atom stereocenters. The van der Waals surface area contributed by atoms with Crippen LogP contribution in [0.4, 0.5) is 13.2 Å². The molecule has 0 aliphatic heterocycles. The molecule has 9 heteroatoms. The molecule has 1 saturated carbocycles. The summed E-state index contributed by atoms with van der Waals surface area (Å²) >= 11 is 0. The zero-order valence-corrected chi connectivity index (χ0v) is 15.8. The minimum Gasteiger partial charge on any atom is -0.337 e. The van der Waals surface area contributed by atoms with Gasteiger partial charge in [-0.05, 0) is 54.8 Å². The molecule has 0 saturated heterocycles. The molecule has 1 aliphatic rings. The third kappa shape index (κ3) is 4.90. The SMILES string of the molecule is CN(Cc1ccc(C(F)(F)F)cc1)C(=O)c1ccc(S(=O)(=O)NC2CC2)cc1. The summed E-state index contributed by atoms with van der Waals surface area (Å²) in [6.45, 7) is 0.125. The van der Waals surface area contributed by atoms with Crippen LogP contribution >= 0.6 is 0 Å². The van der Waals surface area contributed by atoms with Gasteiger partial charge in [0.25, 0.3) is 5.91 Å². The van der Waals surface area contributed by atoms with Crippen molar-refractivity contribution in [1.82, 2.24) is 9.62 Å². The normalized spacial score (nSPS) is 14.7. The second-order valence-electron chi connectivity index (χ2n) is 6.78.